The summed E-state index contributed by atoms with van der Waals surface area (Å²) in [4.78, 5) is 32.6. The summed E-state index contributed by atoms with van der Waals surface area (Å²) in [6, 6.07) is 7.39. The molecule has 1 aliphatic rings. The molecule has 0 bridgehead atoms. The Morgan fingerprint density at radius 1 is 1.25 bits per heavy atom. The highest BCUT2D eigenvalue weighted by molar-refractivity contribution is 5.78. The second kappa shape index (κ2) is 9.22. The molecule has 1 atom stereocenters. The second-order valence-electron chi connectivity index (χ2n) is 7.75. The Morgan fingerprint density at radius 3 is 2.64 bits per heavy atom. The Bertz CT molecular complexity index is 870. The van der Waals surface area contributed by atoms with Crippen molar-refractivity contribution in [1.29, 1.82) is 0 Å². The van der Waals surface area contributed by atoms with E-state index in [-0.39, 0.29) is 23.7 Å². The molecule has 1 unspecified atom stereocenters. The van der Waals surface area contributed by atoms with Crippen LogP contribution in [0.15, 0.2) is 29.1 Å². The summed E-state index contributed by atoms with van der Waals surface area (Å²) < 4.78 is 1.60. The summed E-state index contributed by atoms with van der Waals surface area (Å²) in [5.41, 5.74) is 0.617. The maximum absolute atomic E-state index is 13.1. The van der Waals surface area contributed by atoms with Crippen molar-refractivity contribution < 1.29 is 4.79 Å². The van der Waals surface area contributed by atoms with Crippen LogP contribution in [0, 0.1) is 0 Å². The van der Waals surface area contributed by atoms with Gasteiger partial charge in [-0.3, -0.25) is 9.36 Å². The van der Waals surface area contributed by atoms with E-state index in [9.17, 15) is 9.59 Å². The van der Waals surface area contributed by atoms with E-state index in [1.54, 1.807) is 17.7 Å². The predicted molar refractivity (Wildman–Crippen MR) is 112 cm³/mol. The molecule has 1 heterocycles. The Kier molecular flexibility index (Phi) is 6.70. The monoisotopic (exact) mass is 384 g/mol. The molecule has 28 heavy (non-hydrogen) atoms. The Balaban J connectivity index is 1.94. The Labute approximate surface area is 166 Å². The van der Waals surface area contributed by atoms with Gasteiger partial charge in [0, 0.05) is 19.6 Å². The number of fused-ring (bicyclic) bond motifs is 1. The smallest absolute Gasteiger partial charge is 0.318 e. The van der Waals surface area contributed by atoms with Gasteiger partial charge < -0.3 is 10.2 Å². The number of carbonyl (C=O) groups is 1. The van der Waals surface area contributed by atoms with Crippen molar-refractivity contribution in [1.82, 2.24) is 19.8 Å². The molecule has 2 amide bonds. The molecule has 1 saturated carbocycles. The molecule has 2 aromatic rings. The highest BCUT2D eigenvalue weighted by Gasteiger charge is 2.28. The van der Waals surface area contributed by atoms with Gasteiger partial charge in [0.15, 0.2) is 0 Å². The van der Waals surface area contributed by atoms with E-state index in [1.807, 2.05) is 30.0 Å². The fourth-order valence-electron chi connectivity index (χ4n) is 4.22. The fraction of sp³-hybridized carbons (Fsp3) is 0.591. The molecular formula is C22H32N4O2. The summed E-state index contributed by atoms with van der Waals surface area (Å²) in [5, 5.41) is 3.84. The molecule has 1 fully saturated rings. The normalized spacial score (nSPS) is 16.1. The van der Waals surface area contributed by atoms with Crippen LogP contribution in [0.1, 0.15) is 70.7 Å². The minimum Gasteiger partial charge on any atom is -0.335 e. The van der Waals surface area contributed by atoms with E-state index in [2.05, 4.69) is 12.2 Å². The molecule has 3 rings (SSSR count). The van der Waals surface area contributed by atoms with Gasteiger partial charge in [0.05, 0.1) is 16.9 Å². The zero-order valence-electron chi connectivity index (χ0n) is 17.3. The lowest BCUT2D eigenvalue weighted by Gasteiger charge is -2.34. The van der Waals surface area contributed by atoms with Crippen molar-refractivity contribution in [3.63, 3.8) is 0 Å². The van der Waals surface area contributed by atoms with Crippen molar-refractivity contribution in [3.05, 3.63) is 40.4 Å². The van der Waals surface area contributed by atoms with E-state index >= 15 is 0 Å². The summed E-state index contributed by atoms with van der Waals surface area (Å²) in [5.74, 6) is 0.651. The van der Waals surface area contributed by atoms with Gasteiger partial charge in [-0.25, -0.2) is 9.78 Å². The van der Waals surface area contributed by atoms with Crippen LogP contribution in [0.5, 0.6) is 0 Å². The van der Waals surface area contributed by atoms with Gasteiger partial charge in [0.2, 0.25) is 0 Å². The van der Waals surface area contributed by atoms with Crippen LogP contribution in [0.25, 0.3) is 10.9 Å². The number of aromatic nitrogens is 2. The van der Waals surface area contributed by atoms with Gasteiger partial charge >= 0.3 is 6.03 Å². The fourth-order valence-corrected chi connectivity index (χ4v) is 4.22. The zero-order chi connectivity index (χ0) is 20.1. The Morgan fingerprint density at radius 2 is 1.96 bits per heavy atom. The van der Waals surface area contributed by atoms with Gasteiger partial charge in [0.1, 0.15) is 5.82 Å². The number of nitrogens with one attached hydrogen (secondary N) is 1. The van der Waals surface area contributed by atoms with Gasteiger partial charge in [-0.15, -0.1) is 0 Å². The molecule has 1 aromatic heterocycles. The molecule has 6 nitrogen and oxygen atoms in total. The van der Waals surface area contributed by atoms with Crippen LogP contribution in [-0.2, 0) is 7.05 Å². The summed E-state index contributed by atoms with van der Waals surface area (Å²) in [6.45, 7) is 4.75. The van der Waals surface area contributed by atoms with Gasteiger partial charge in [-0.1, -0.05) is 45.2 Å². The van der Waals surface area contributed by atoms with Gasteiger partial charge in [0.25, 0.3) is 5.56 Å². The quantitative estimate of drug-likeness (QED) is 0.814. The molecule has 1 aromatic carbocycles. The van der Waals surface area contributed by atoms with Crippen LogP contribution >= 0.6 is 0 Å². The SMILES string of the molecule is CCCN(C(=O)NC1CCCCC1)C(CC)c1nc2ccccc2c(=O)n1C. The number of rotatable bonds is 6. The summed E-state index contributed by atoms with van der Waals surface area (Å²) >= 11 is 0. The van der Waals surface area contributed by atoms with Crippen LogP contribution in [0.3, 0.4) is 0 Å². The largest absolute Gasteiger partial charge is 0.335 e. The molecule has 0 aliphatic heterocycles. The lowest BCUT2D eigenvalue weighted by molar-refractivity contribution is 0.161. The summed E-state index contributed by atoms with van der Waals surface area (Å²) in [6.07, 6.45) is 7.27. The van der Waals surface area contributed by atoms with Crippen LogP contribution in [-0.4, -0.2) is 33.1 Å². The first-order valence-electron chi connectivity index (χ1n) is 10.6. The first-order chi connectivity index (χ1) is 13.6. The molecule has 0 saturated heterocycles. The average Bonchev–Trinajstić information content (AvgIpc) is 2.72. The third kappa shape index (κ3) is 4.21. The van der Waals surface area contributed by atoms with Gasteiger partial charge in [-0.2, -0.15) is 0 Å². The first kappa shape index (κ1) is 20.4. The number of benzene rings is 1. The highest BCUT2D eigenvalue weighted by atomic mass is 16.2. The molecule has 0 spiro atoms. The maximum atomic E-state index is 13.1. The number of hydrogen-bond acceptors (Lipinski definition) is 3. The molecule has 1 N–H and O–H groups in total. The number of amides is 2. The van der Waals surface area contributed by atoms with Crippen LogP contribution in [0.2, 0.25) is 0 Å². The lowest BCUT2D eigenvalue weighted by atomic mass is 9.96. The predicted octanol–water partition coefficient (Wildman–Crippen LogP) is 4.14. The van der Waals surface area contributed by atoms with Crippen LogP contribution < -0.4 is 10.9 Å². The lowest BCUT2D eigenvalue weighted by Crippen LogP contribution is -2.48. The third-order valence-electron chi connectivity index (χ3n) is 5.74. The molecule has 152 valence electrons. The van der Waals surface area contributed by atoms with E-state index in [4.69, 9.17) is 4.98 Å². The minimum atomic E-state index is -0.231. The van der Waals surface area contributed by atoms with Crippen molar-refractivity contribution in [2.24, 2.45) is 7.05 Å². The van der Waals surface area contributed by atoms with Crippen LogP contribution in [0.4, 0.5) is 4.79 Å². The topological polar surface area (TPSA) is 67.2 Å². The highest BCUT2D eigenvalue weighted by Crippen LogP contribution is 2.25. The number of hydrogen-bond donors (Lipinski definition) is 1. The minimum absolute atomic E-state index is 0.0389. The van der Waals surface area contributed by atoms with E-state index < -0.39 is 0 Å². The average molecular weight is 385 g/mol. The van der Waals surface area contributed by atoms with Crippen molar-refractivity contribution in [3.8, 4) is 0 Å². The van der Waals surface area contributed by atoms with E-state index in [1.165, 1.54) is 19.3 Å². The molecular weight excluding hydrogens is 352 g/mol. The van der Waals surface area contributed by atoms with Crippen molar-refractivity contribution >= 4 is 16.9 Å². The third-order valence-corrected chi connectivity index (χ3v) is 5.74. The second-order valence-corrected chi connectivity index (χ2v) is 7.75. The molecule has 1 aliphatic carbocycles. The number of nitrogens with zero attached hydrogens (tertiary/aromatic N) is 3. The number of para-hydroxylation sites is 1. The molecule has 0 radical (unpaired) electrons. The summed E-state index contributed by atoms with van der Waals surface area (Å²) in [7, 11) is 1.75. The zero-order valence-corrected chi connectivity index (χ0v) is 17.3. The number of carbonyl (C=O) groups excluding carboxylic acids is 1. The Hall–Kier alpha value is -2.37. The van der Waals surface area contributed by atoms with Gasteiger partial charge in [-0.05, 0) is 37.8 Å². The van der Waals surface area contributed by atoms with E-state index in [0.717, 1.165) is 19.3 Å². The first-order valence-corrected chi connectivity index (χ1v) is 10.6. The number of urea groups is 1. The standard InChI is InChI=1S/C22H32N4O2/c1-4-15-26(22(28)23-16-11-7-6-8-12-16)19(5-2)20-24-18-14-10-9-13-17(18)21(27)25(20)3/h9-10,13-14,16,19H,4-8,11-12,15H2,1-3H3,(H,23,28). The molecule has 6 heteroatoms. The van der Waals surface area contributed by atoms with Crippen molar-refractivity contribution in [2.45, 2.75) is 70.9 Å². The maximum Gasteiger partial charge on any atom is 0.318 e. The van der Waals surface area contributed by atoms with E-state index in [0.29, 0.717) is 29.7 Å². The van der Waals surface area contributed by atoms with Crippen molar-refractivity contribution in [2.75, 3.05) is 6.54 Å².